The number of benzene rings is 4. The summed E-state index contributed by atoms with van der Waals surface area (Å²) < 4.78 is 31.3. The molecule has 0 spiro atoms. The SMILES string of the molecule is CCC(COCCCC1C(Oc2ccccc2)=C(Oc2ccccc2)c2c(Oc3ccccc3)cccc21)C1CO1. The minimum absolute atomic E-state index is 0.0134. The summed E-state index contributed by atoms with van der Waals surface area (Å²) in [6, 6.07) is 35.8. The van der Waals surface area contributed by atoms with E-state index >= 15 is 0 Å². The molecule has 1 aliphatic carbocycles. The summed E-state index contributed by atoms with van der Waals surface area (Å²) in [6.45, 7) is 4.49. The Balaban J connectivity index is 1.32. The van der Waals surface area contributed by atoms with Crippen LogP contribution in [0.15, 0.2) is 115 Å². The maximum atomic E-state index is 6.65. The Morgan fingerprint density at radius 2 is 1.34 bits per heavy atom. The number of allylic oxidation sites excluding steroid dienone is 1. The smallest absolute Gasteiger partial charge is 0.177 e. The van der Waals surface area contributed by atoms with Crippen LogP contribution < -0.4 is 14.2 Å². The molecule has 41 heavy (non-hydrogen) atoms. The quantitative estimate of drug-likeness (QED) is 0.117. The Morgan fingerprint density at radius 1 is 0.732 bits per heavy atom. The van der Waals surface area contributed by atoms with Gasteiger partial charge in [-0.3, -0.25) is 0 Å². The Morgan fingerprint density at radius 3 is 1.95 bits per heavy atom. The van der Waals surface area contributed by atoms with Crippen molar-refractivity contribution in [3.05, 3.63) is 126 Å². The lowest BCUT2D eigenvalue weighted by Gasteiger charge is -2.18. The molecule has 6 rings (SSSR count). The Labute approximate surface area is 242 Å². The van der Waals surface area contributed by atoms with Gasteiger partial charge in [0, 0.05) is 18.4 Å². The third kappa shape index (κ3) is 6.64. The van der Waals surface area contributed by atoms with Crippen LogP contribution in [0, 0.1) is 5.92 Å². The normalized spacial score (nSPS) is 18.1. The van der Waals surface area contributed by atoms with E-state index in [1.807, 2.05) is 103 Å². The highest BCUT2D eigenvalue weighted by Crippen LogP contribution is 2.49. The lowest BCUT2D eigenvalue weighted by Crippen LogP contribution is -2.16. The van der Waals surface area contributed by atoms with Crippen molar-refractivity contribution in [2.45, 2.75) is 38.2 Å². The number of hydrogen-bond donors (Lipinski definition) is 0. The van der Waals surface area contributed by atoms with E-state index in [-0.39, 0.29) is 5.92 Å². The summed E-state index contributed by atoms with van der Waals surface area (Å²) >= 11 is 0. The van der Waals surface area contributed by atoms with E-state index in [1.54, 1.807) is 0 Å². The van der Waals surface area contributed by atoms with E-state index < -0.39 is 0 Å². The predicted octanol–water partition coefficient (Wildman–Crippen LogP) is 8.62. The van der Waals surface area contributed by atoms with Gasteiger partial charge >= 0.3 is 0 Å². The molecule has 0 aromatic heterocycles. The number of para-hydroxylation sites is 3. The molecule has 4 aromatic carbocycles. The molecule has 3 atom stereocenters. The van der Waals surface area contributed by atoms with Gasteiger partial charge in [-0.05, 0) is 67.3 Å². The maximum absolute atomic E-state index is 6.65. The van der Waals surface area contributed by atoms with Crippen LogP contribution in [0.25, 0.3) is 5.76 Å². The second kappa shape index (κ2) is 13.1. The van der Waals surface area contributed by atoms with Crippen LogP contribution in [-0.4, -0.2) is 25.9 Å². The summed E-state index contributed by atoms with van der Waals surface area (Å²) in [5, 5.41) is 0. The van der Waals surface area contributed by atoms with E-state index in [4.69, 9.17) is 23.7 Å². The van der Waals surface area contributed by atoms with Gasteiger partial charge in [0.2, 0.25) is 0 Å². The fourth-order valence-corrected chi connectivity index (χ4v) is 5.37. The van der Waals surface area contributed by atoms with Crippen molar-refractivity contribution in [1.29, 1.82) is 0 Å². The standard InChI is InChI=1S/C36H36O5/c1-2-26(33-25-38-33)24-37-23-13-21-31-30-20-12-22-32(39-27-14-6-3-7-15-27)34(30)36(41-29-18-10-5-11-19-29)35(31)40-28-16-8-4-9-17-28/h3-12,14-20,22,26,31,33H,2,13,21,23-25H2,1H3. The summed E-state index contributed by atoms with van der Waals surface area (Å²) in [6.07, 6.45) is 3.18. The number of epoxide rings is 1. The third-order valence-electron chi connectivity index (χ3n) is 7.63. The fourth-order valence-electron chi connectivity index (χ4n) is 5.37. The lowest BCUT2D eigenvalue weighted by molar-refractivity contribution is 0.0829. The Kier molecular flexibility index (Phi) is 8.65. The van der Waals surface area contributed by atoms with Crippen molar-refractivity contribution in [2.24, 2.45) is 5.92 Å². The van der Waals surface area contributed by atoms with Crippen molar-refractivity contribution in [1.82, 2.24) is 0 Å². The summed E-state index contributed by atoms with van der Waals surface area (Å²) in [7, 11) is 0. The van der Waals surface area contributed by atoms with Gasteiger partial charge in [-0.25, -0.2) is 0 Å². The molecule has 1 heterocycles. The van der Waals surface area contributed by atoms with E-state index in [2.05, 4.69) is 13.0 Å². The molecule has 210 valence electrons. The monoisotopic (exact) mass is 548 g/mol. The van der Waals surface area contributed by atoms with Gasteiger partial charge in [-0.2, -0.15) is 0 Å². The molecule has 0 amide bonds. The first-order valence-corrected chi connectivity index (χ1v) is 14.6. The highest BCUT2D eigenvalue weighted by atomic mass is 16.6. The van der Waals surface area contributed by atoms with Crippen molar-refractivity contribution in [3.8, 4) is 23.0 Å². The highest BCUT2D eigenvalue weighted by Gasteiger charge is 2.38. The molecule has 0 saturated carbocycles. The van der Waals surface area contributed by atoms with Crippen LogP contribution in [0.5, 0.6) is 23.0 Å². The zero-order valence-electron chi connectivity index (χ0n) is 23.4. The molecular weight excluding hydrogens is 512 g/mol. The Hall–Kier alpha value is -4.06. The molecule has 0 N–H and O–H groups in total. The van der Waals surface area contributed by atoms with Crippen LogP contribution in [0.1, 0.15) is 43.2 Å². The molecule has 3 unspecified atom stereocenters. The molecule has 2 aliphatic rings. The van der Waals surface area contributed by atoms with Crippen molar-refractivity contribution in [2.75, 3.05) is 19.8 Å². The van der Waals surface area contributed by atoms with E-state index in [0.29, 0.717) is 24.4 Å². The number of fused-ring (bicyclic) bond motifs is 1. The van der Waals surface area contributed by atoms with Crippen molar-refractivity contribution < 1.29 is 23.7 Å². The zero-order chi connectivity index (χ0) is 27.9. The van der Waals surface area contributed by atoms with Crippen LogP contribution >= 0.6 is 0 Å². The maximum Gasteiger partial charge on any atom is 0.177 e. The van der Waals surface area contributed by atoms with Gasteiger partial charge in [0.25, 0.3) is 0 Å². The molecule has 5 nitrogen and oxygen atoms in total. The zero-order valence-corrected chi connectivity index (χ0v) is 23.4. The molecule has 0 bridgehead atoms. The van der Waals surface area contributed by atoms with Gasteiger partial charge in [0.05, 0.1) is 24.9 Å². The van der Waals surface area contributed by atoms with E-state index in [9.17, 15) is 0 Å². The van der Waals surface area contributed by atoms with Gasteiger partial charge in [0.1, 0.15) is 23.0 Å². The van der Waals surface area contributed by atoms with Crippen molar-refractivity contribution >= 4 is 5.76 Å². The second-order valence-corrected chi connectivity index (χ2v) is 10.5. The average molecular weight is 549 g/mol. The Bertz CT molecular complexity index is 1430. The predicted molar refractivity (Wildman–Crippen MR) is 160 cm³/mol. The first-order valence-electron chi connectivity index (χ1n) is 14.6. The first kappa shape index (κ1) is 27.1. The first-order chi connectivity index (χ1) is 20.3. The molecular formula is C36H36O5. The molecule has 4 aromatic rings. The van der Waals surface area contributed by atoms with Crippen LogP contribution in [0.3, 0.4) is 0 Å². The van der Waals surface area contributed by atoms with Gasteiger partial charge in [-0.1, -0.05) is 73.7 Å². The molecule has 5 heteroatoms. The lowest BCUT2D eigenvalue weighted by atomic mass is 9.94. The summed E-state index contributed by atoms with van der Waals surface area (Å²) in [4.78, 5) is 0. The summed E-state index contributed by atoms with van der Waals surface area (Å²) in [5.41, 5.74) is 2.06. The molecule has 1 fully saturated rings. The number of hydrogen-bond acceptors (Lipinski definition) is 5. The number of rotatable bonds is 14. The largest absolute Gasteiger partial charge is 0.457 e. The van der Waals surface area contributed by atoms with E-state index in [1.165, 1.54) is 0 Å². The fraction of sp³-hybridized carbons (Fsp3) is 0.278. The topological polar surface area (TPSA) is 49.5 Å². The summed E-state index contributed by atoms with van der Waals surface area (Å²) in [5.74, 6) is 4.96. The molecule has 0 radical (unpaired) electrons. The second-order valence-electron chi connectivity index (χ2n) is 10.5. The molecule has 1 aliphatic heterocycles. The third-order valence-corrected chi connectivity index (χ3v) is 7.63. The average Bonchev–Trinajstić information content (AvgIpc) is 3.82. The highest BCUT2D eigenvalue weighted by molar-refractivity contribution is 5.79. The van der Waals surface area contributed by atoms with Crippen LogP contribution in [0.4, 0.5) is 0 Å². The molecule has 1 saturated heterocycles. The van der Waals surface area contributed by atoms with Gasteiger partial charge < -0.3 is 23.7 Å². The minimum atomic E-state index is -0.0134. The number of ether oxygens (including phenoxy) is 5. The van der Waals surface area contributed by atoms with Crippen molar-refractivity contribution in [3.63, 3.8) is 0 Å². The van der Waals surface area contributed by atoms with Gasteiger partial charge in [0.15, 0.2) is 11.5 Å². The van der Waals surface area contributed by atoms with Gasteiger partial charge in [-0.15, -0.1) is 0 Å². The van der Waals surface area contributed by atoms with E-state index in [0.717, 1.165) is 72.4 Å². The van der Waals surface area contributed by atoms with Crippen LogP contribution in [-0.2, 0) is 9.47 Å². The van der Waals surface area contributed by atoms with Crippen LogP contribution in [0.2, 0.25) is 0 Å². The minimum Gasteiger partial charge on any atom is -0.457 e.